The van der Waals surface area contributed by atoms with Crippen molar-refractivity contribution in [3.05, 3.63) is 140 Å². The Bertz CT molecular complexity index is 2590. The fourth-order valence-corrected chi connectivity index (χ4v) is 8.33. The fourth-order valence-electron chi connectivity index (χ4n) is 7.21. The summed E-state index contributed by atoms with van der Waals surface area (Å²) in [5.74, 6) is 0. The van der Waals surface area contributed by atoms with Gasteiger partial charge in [0.2, 0.25) is 0 Å². The van der Waals surface area contributed by atoms with Crippen molar-refractivity contribution in [3.8, 4) is 27.9 Å². The van der Waals surface area contributed by atoms with Gasteiger partial charge in [-0.05, 0) is 88.3 Å². The van der Waals surface area contributed by atoms with E-state index in [0.717, 1.165) is 0 Å². The second-order valence-electron chi connectivity index (χ2n) is 11.4. The number of benzene rings is 7. The van der Waals surface area contributed by atoms with Crippen LogP contribution in [0.25, 0.3) is 82.3 Å². The van der Waals surface area contributed by atoms with Gasteiger partial charge in [0.1, 0.15) is 0 Å². The molecular formula is C40H24N2S. The van der Waals surface area contributed by atoms with Gasteiger partial charge in [-0.2, -0.15) is 0 Å². The maximum absolute atomic E-state index is 3.57. The molecule has 2 nitrogen and oxygen atoms in total. The molecule has 43 heavy (non-hydrogen) atoms. The number of aromatic nitrogens is 2. The molecule has 0 saturated heterocycles. The lowest BCUT2D eigenvalue weighted by molar-refractivity contribution is 1.18. The SMILES string of the molecule is c1ccc(-n2c3ccccc3c3c4cccc5c4c(cc32)-c2cc(-c3ccc4[nH]c6ccccc6c4c3)ccc2S5)cc1. The second kappa shape index (κ2) is 8.64. The van der Waals surface area contributed by atoms with Gasteiger partial charge in [-0.15, -0.1) is 0 Å². The van der Waals surface area contributed by atoms with Gasteiger partial charge in [0.05, 0.1) is 11.0 Å². The fraction of sp³-hybridized carbons (Fsp3) is 0. The van der Waals surface area contributed by atoms with Gasteiger partial charge in [-0.1, -0.05) is 90.6 Å². The van der Waals surface area contributed by atoms with E-state index in [0.29, 0.717) is 0 Å². The Hall–Kier alpha value is -5.25. The van der Waals surface area contributed by atoms with Crippen molar-refractivity contribution in [3.63, 3.8) is 0 Å². The molecule has 1 aliphatic heterocycles. The normalized spacial score (nSPS) is 12.6. The number of H-pyrrole nitrogens is 1. The first kappa shape index (κ1) is 23.3. The standard InChI is InChI=1S/C40H24N2S/c1-2-9-26(10-3-1)42-35-15-7-5-12-28(35)39-29-13-8-16-38-40(29)32(23-36(39)42)31-22-25(18-20-37(31)43-38)24-17-19-34-30(21-24)27-11-4-6-14-33(27)41-34/h1-23,41H. The third-order valence-electron chi connectivity index (χ3n) is 9.10. The van der Waals surface area contributed by atoms with E-state index in [2.05, 4.69) is 149 Å². The van der Waals surface area contributed by atoms with Crippen molar-refractivity contribution in [1.29, 1.82) is 0 Å². The Kier molecular flexibility index (Phi) is 4.68. The van der Waals surface area contributed by atoms with Crippen LogP contribution in [0.2, 0.25) is 0 Å². The highest BCUT2D eigenvalue weighted by atomic mass is 32.2. The smallest absolute Gasteiger partial charge is 0.0553 e. The Morgan fingerprint density at radius 2 is 1.19 bits per heavy atom. The Labute approximate surface area is 252 Å². The third-order valence-corrected chi connectivity index (χ3v) is 10.2. The molecule has 3 heteroatoms. The zero-order chi connectivity index (χ0) is 28.1. The summed E-state index contributed by atoms with van der Waals surface area (Å²) in [6.45, 7) is 0. The highest BCUT2D eigenvalue weighted by Crippen LogP contribution is 2.52. The van der Waals surface area contributed by atoms with E-state index >= 15 is 0 Å². The summed E-state index contributed by atoms with van der Waals surface area (Å²) in [6, 6.07) is 51.2. The molecule has 0 bridgehead atoms. The number of fused-ring (bicyclic) bond motifs is 9. The predicted octanol–water partition coefficient (Wildman–Crippen LogP) is 11.4. The molecule has 0 fully saturated rings. The van der Waals surface area contributed by atoms with Crippen molar-refractivity contribution in [2.24, 2.45) is 0 Å². The van der Waals surface area contributed by atoms with E-state index in [-0.39, 0.29) is 0 Å². The highest BCUT2D eigenvalue weighted by molar-refractivity contribution is 7.99. The molecule has 0 aliphatic carbocycles. The van der Waals surface area contributed by atoms with Crippen LogP contribution in [-0.4, -0.2) is 9.55 Å². The highest BCUT2D eigenvalue weighted by Gasteiger charge is 2.24. The van der Waals surface area contributed by atoms with Crippen LogP contribution >= 0.6 is 11.8 Å². The average Bonchev–Trinajstić information content (AvgIpc) is 3.60. The number of para-hydroxylation sites is 3. The third kappa shape index (κ3) is 3.26. The minimum atomic E-state index is 1.17. The summed E-state index contributed by atoms with van der Waals surface area (Å²) in [7, 11) is 0. The van der Waals surface area contributed by atoms with Crippen molar-refractivity contribution >= 4 is 66.1 Å². The number of rotatable bonds is 2. The van der Waals surface area contributed by atoms with Crippen molar-refractivity contribution < 1.29 is 0 Å². The number of nitrogens with zero attached hydrogens (tertiary/aromatic N) is 1. The maximum Gasteiger partial charge on any atom is 0.0553 e. The molecule has 3 heterocycles. The van der Waals surface area contributed by atoms with Gasteiger partial charge in [0.15, 0.2) is 0 Å². The van der Waals surface area contributed by atoms with Crippen LogP contribution in [-0.2, 0) is 0 Å². The van der Waals surface area contributed by atoms with E-state index in [1.165, 1.54) is 92.1 Å². The minimum Gasteiger partial charge on any atom is -0.355 e. The van der Waals surface area contributed by atoms with Crippen LogP contribution in [0.3, 0.4) is 0 Å². The van der Waals surface area contributed by atoms with Gasteiger partial charge in [-0.3, -0.25) is 0 Å². The summed E-state index contributed by atoms with van der Waals surface area (Å²) in [6.07, 6.45) is 0. The molecule has 0 radical (unpaired) electrons. The number of hydrogen-bond donors (Lipinski definition) is 1. The van der Waals surface area contributed by atoms with Gasteiger partial charge >= 0.3 is 0 Å². The first-order chi connectivity index (χ1) is 21.3. The van der Waals surface area contributed by atoms with Gasteiger partial charge in [-0.25, -0.2) is 0 Å². The number of aromatic amines is 1. The molecule has 7 aromatic carbocycles. The van der Waals surface area contributed by atoms with E-state index in [9.17, 15) is 0 Å². The second-order valence-corrected chi connectivity index (χ2v) is 12.5. The topological polar surface area (TPSA) is 20.7 Å². The molecule has 0 spiro atoms. The summed E-state index contributed by atoms with van der Waals surface area (Å²) >= 11 is 1.89. The van der Waals surface area contributed by atoms with Crippen LogP contribution in [0.4, 0.5) is 0 Å². The minimum absolute atomic E-state index is 1.17. The van der Waals surface area contributed by atoms with Gasteiger partial charge in [0.25, 0.3) is 0 Å². The Balaban J connectivity index is 1.27. The van der Waals surface area contributed by atoms with Crippen molar-refractivity contribution in [2.75, 3.05) is 0 Å². The summed E-state index contributed by atoms with van der Waals surface area (Å²) in [5, 5.41) is 7.82. The lowest BCUT2D eigenvalue weighted by Crippen LogP contribution is -1.97. The maximum atomic E-state index is 3.57. The lowest BCUT2D eigenvalue weighted by Gasteiger charge is -2.22. The summed E-state index contributed by atoms with van der Waals surface area (Å²) < 4.78 is 2.43. The summed E-state index contributed by atoms with van der Waals surface area (Å²) in [4.78, 5) is 6.20. The van der Waals surface area contributed by atoms with Crippen molar-refractivity contribution in [2.45, 2.75) is 9.79 Å². The Morgan fingerprint density at radius 3 is 2.12 bits per heavy atom. The zero-order valence-electron chi connectivity index (χ0n) is 23.1. The molecule has 1 aliphatic rings. The van der Waals surface area contributed by atoms with Crippen LogP contribution < -0.4 is 0 Å². The van der Waals surface area contributed by atoms with E-state index in [1.54, 1.807) is 0 Å². The van der Waals surface area contributed by atoms with E-state index < -0.39 is 0 Å². The molecule has 0 saturated carbocycles. The molecule has 0 amide bonds. The largest absolute Gasteiger partial charge is 0.355 e. The van der Waals surface area contributed by atoms with Crippen LogP contribution in [0.15, 0.2) is 149 Å². The van der Waals surface area contributed by atoms with Crippen LogP contribution in [0.1, 0.15) is 0 Å². The molecule has 0 atom stereocenters. The molecule has 10 rings (SSSR count). The summed E-state index contributed by atoms with van der Waals surface area (Å²) in [5.41, 5.74) is 11.1. The van der Waals surface area contributed by atoms with Gasteiger partial charge in [0, 0.05) is 53.4 Å². The number of nitrogens with one attached hydrogen (secondary N) is 1. The molecule has 0 unspecified atom stereocenters. The van der Waals surface area contributed by atoms with E-state index in [1.807, 2.05) is 11.8 Å². The first-order valence-corrected chi connectivity index (χ1v) is 15.5. The number of hydrogen-bond acceptors (Lipinski definition) is 1. The predicted molar refractivity (Wildman–Crippen MR) is 183 cm³/mol. The first-order valence-electron chi connectivity index (χ1n) is 14.7. The monoisotopic (exact) mass is 564 g/mol. The molecule has 1 N–H and O–H groups in total. The molecule has 200 valence electrons. The van der Waals surface area contributed by atoms with Crippen molar-refractivity contribution in [1.82, 2.24) is 9.55 Å². The lowest BCUT2D eigenvalue weighted by atomic mass is 9.92. The van der Waals surface area contributed by atoms with Crippen LogP contribution in [0, 0.1) is 0 Å². The molecular weight excluding hydrogens is 541 g/mol. The average molecular weight is 565 g/mol. The zero-order valence-corrected chi connectivity index (χ0v) is 24.0. The van der Waals surface area contributed by atoms with Crippen LogP contribution in [0.5, 0.6) is 0 Å². The quantitative estimate of drug-likeness (QED) is 0.221. The molecule has 9 aromatic rings. The van der Waals surface area contributed by atoms with E-state index in [4.69, 9.17) is 0 Å². The Morgan fingerprint density at radius 1 is 0.442 bits per heavy atom. The van der Waals surface area contributed by atoms with Gasteiger partial charge < -0.3 is 9.55 Å². The molecule has 2 aromatic heterocycles.